The third-order valence-electron chi connectivity index (χ3n) is 3.20. The van der Waals surface area contributed by atoms with Gasteiger partial charge in [0.2, 0.25) is 0 Å². The molecular weight excluding hydrogens is 352 g/mol. The highest BCUT2D eigenvalue weighted by atomic mass is 35.5. The van der Waals surface area contributed by atoms with Crippen molar-refractivity contribution in [3.63, 3.8) is 0 Å². The van der Waals surface area contributed by atoms with Crippen LogP contribution in [0.15, 0.2) is 23.9 Å². The van der Waals surface area contributed by atoms with E-state index in [-0.39, 0.29) is 12.5 Å². The Kier molecular flexibility index (Phi) is 6.16. The average molecular weight is 369 g/mol. The Morgan fingerprint density at radius 1 is 1.42 bits per heavy atom. The number of halogens is 1. The molecule has 1 fully saturated rings. The number of nitrogens with one attached hydrogen (secondary N) is 1. The second kappa shape index (κ2) is 8.12. The number of amides is 1. The fraction of sp³-hybridized carbons (Fsp3) is 0.312. The predicted molar refractivity (Wildman–Crippen MR) is 94.7 cm³/mol. The van der Waals surface area contributed by atoms with Gasteiger partial charge >= 0.3 is 5.97 Å². The molecule has 1 aliphatic rings. The summed E-state index contributed by atoms with van der Waals surface area (Å²) in [6.45, 7) is 4.15. The quantitative estimate of drug-likeness (QED) is 0.472. The van der Waals surface area contributed by atoms with E-state index in [0.717, 1.165) is 0 Å². The SMILES string of the molecule is CCOC(=O)COc1ccc(/C=C2\NC(=S)N(CC)C2=O)cc1Cl. The fourth-order valence-corrected chi connectivity index (χ4v) is 2.65. The smallest absolute Gasteiger partial charge is 0.344 e. The van der Waals surface area contributed by atoms with Crippen LogP contribution in [0.3, 0.4) is 0 Å². The van der Waals surface area contributed by atoms with Crippen molar-refractivity contribution in [2.75, 3.05) is 19.8 Å². The van der Waals surface area contributed by atoms with Crippen molar-refractivity contribution < 1.29 is 19.1 Å². The zero-order chi connectivity index (χ0) is 17.7. The van der Waals surface area contributed by atoms with Gasteiger partial charge in [0.1, 0.15) is 11.4 Å². The van der Waals surface area contributed by atoms with Crippen LogP contribution in [0.25, 0.3) is 6.08 Å². The summed E-state index contributed by atoms with van der Waals surface area (Å²) in [5, 5.41) is 3.59. The summed E-state index contributed by atoms with van der Waals surface area (Å²) in [5.41, 5.74) is 1.10. The van der Waals surface area contributed by atoms with Gasteiger partial charge in [0, 0.05) is 6.54 Å². The number of benzene rings is 1. The summed E-state index contributed by atoms with van der Waals surface area (Å²) in [6, 6.07) is 5.00. The molecule has 0 saturated carbocycles. The lowest BCUT2D eigenvalue weighted by molar-refractivity contribution is -0.145. The number of thiocarbonyl (C=S) groups is 1. The maximum atomic E-state index is 12.1. The van der Waals surface area contributed by atoms with E-state index in [2.05, 4.69) is 5.32 Å². The predicted octanol–water partition coefficient (Wildman–Crippen LogP) is 2.36. The van der Waals surface area contributed by atoms with E-state index < -0.39 is 5.97 Å². The molecule has 1 N–H and O–H groups in total. The molecule has 0 spiro atoms. The lowest BCUT2D eigenvalue weighted by Gasteiger charge is -2.09. The Hall–Kier alpha value is -2.12. The Labute approximate surface area is 150 Å². The average Bonchev–Trinajstić information content (AvgIpc) is 2.80. The van der Waals surface area contributed by atoms with Gasteiger partial charge in [-0.3, -0.25) is 9.69 Å². The second-order valence-electron chi connectivity index (χ2n) is 4.82. The van der Waals surface area contributed by atoms with E-state index in [4.69, 9.17) is 33.3 Å². The van der Waals surface area contributed by atoms with Crippen molar-refractivity contribution in [1.82, 2.24) is 10.2 Å². The van der Waals surface area contributed by atoms with Crippen LogP contribution in [0.4, 0.5) is 0 Å². The first-order chi connectivity index (χ1) is 11.5. The molecule has 6 nitrogen and oxygen atoms in total. The lowest BCUT2D eigenvalue weighted by atomic mass is 10.2. The molecule has 1 heterocycles. The van der Waals surface area contributed by atoms with Gasteiger partial charge in [-0.05, 0) is 49.8 Å². The van der Waals surface area contributed by atoms with Crippen molar-refractivity contribution >= 4 is 46.9 Å². The number of ether oxygens (including phenoxy) is 2. The number of hydrogen-bond acceptors (Lipinski definition) is 5. The van der Waals surface area contributed by atoms with Crippen LogP contribution in [-0.4, -0.2) is 41.6 Å². The molecule has 1 amide bonds. The number of rotatable bonds is 6. The summed E-state index contributed by atoms with van der Waals surface area (Å²) in [6.07, 6.45) is 1.66. The molecule has 0 unspecified atom stereocenters. The first-order valence-corrected chi connectivity index (χ1v) is 8.17. The van der Waals surface area contributed by atoms with Crippen LogP contribution in [0, 0.1) is 0 Å². The highest BCUT2D eigenvalue weighted by Crippen LogP contribution is 2.27. The maximum Gasteiger partial charge on any atom is 0.344 e. The molecule has 1 aromatic rings. The number of likely N-dealkylation sites (N-methyl/N-ethyl adjacent to an activating group) is 1. The van der Waals surface area contributed by atoms with Gasteiger partial charge in [0.05, 0.1) is 11.6 Å². The minimum atomic E-state index is -0.464. The first-order valence-electron chi connectivity index (χ1n) is 7.38. The first kappa shape index (κ1) is 18.2. The minimum absolute atomic E-state index is 0.179. The van der Waals surface area contributed by atoms with Gasteiger partial charge in [-0.2, -0.15) is 0 Å². The minimum Gasteiger partial charge on any atom is -0.480 e. The normalized spacial score (nSPS) is 15.6. The number of nitrogens with zero attached hydrogens (tertiary/aromatic N) is 1. The molecule has 2 rings (SSSR count). The van der Waals surface area contributed by atoms with Crippen molar-refractivity contribution in [2.24, 2.45) is 0 Å². The molecule has 0 radical (unpaired) electrons. The highest BCUT2D eigenvalue weighted by molar-refractivity contribution is 7.80. The van der Waals surface area contributed by atoms with E-state index in [9.17, 15) is 9.59 Å². The number of carbonyl (C=O) groups excluding carboxylic acids is 2. The molecule has 1 aromatic carbocycles. The molecule has 0 aromatic heterocycles. The topological polar surface area (TPSA) is 67.9 Å². The zero-order valence-electron chi connectivity index (χ0n) is 13.3. The largest absolute Gasteiger partial charge is 0.480 e. The third-order valence-corrected chi connectivity index (χ3v) is 3.81. The van der Waals surface area contributed by atoms with E-state index in [1.807, 2.05) is 6.92 Å². The van der Waals surface area contributed by atoms with Crippen LogP contribution >= 0.6 is 23.8 Å². The monoisotopic (exact) mass is 368 g/mol. The fourth-order valence-electron chi connectivity index (χ4n) is 2.09. The summed E-state index contributed by atoms with van der Waals surface area (Å²) >= 11 is 11.2. The van der Waals surface area contributed by atoms with Gasteiger partial charge in [0.15, 0.2) is 11.7 Å². The van der Waals surface area contributed by atoms with Crippen LogP contribution in [0.1, 0.15) is 19.4 Å². The number of hydrogen-bond donors (Lipinski definition) is 1. The summed E-state index contributed by atoms with van der Waals surface area (Å²) in [4.78, 5) is 24.9. The van der Waals surface area contributed by atoms with E-state index in [0.29, 0.717) is 40.3 Å². The third kappa shape index (κ3) is 4.24. The van der Waals surface area contributed by atoms with Crippen molar-refractivity contribution in [3.8, 4) is 5.75 Å². The second-order valence-corrected chi connectivity index (χ2v) is 5.62. The summed E-state index contributed by atoms with van der Waals surface area (Å²) < 4.78 is 10.1. The molecule has 8 heteroatoms. The molecule has 0 bridgehead atoms. The number of esters is 1. The van der Waals surface area contributed by atoms with E-state index in [1.165, 1.54) is 4.90 Å². The van der Waals surface area contributed by atoms with Gasteiger partial charge < -0.3 is 14.8 Å². The van der Waals surface area contributed by atoms with E-state index >= 15 is 0 Å². The molecule has 128 valence electrons. The van der Waals surface area contributed by atoms with Crippen molar-refractivity contribution in [2.45, 2.75) is 13.8 Å². The van der Waals surface area contributed by atoms with Crippen molar-refractivity contribution in [1.29, 1.82) is 0 Å². The zero-order valence-corrected chi connectivity index (χ0v) is 14.9. The molecule has 1 saturated heterocycles. The van der Waals surface area contributed by atoms with Gasteiger partial charge in [-0.1, -0.05) is 17.7 Å². The van der Waals surface area contributed by atoms with Crippen LogP contribution in [0.5, 0.6) is 5.75 Å². The Morgan fingerprint density at radius 3 is 2.75 bits per heavy atom. The summed E-state index contributed by atoms with van der Waals surface area (Å²) in [7, 11) is 0. The lowest BCUT2D eigenvalue weighted by Crippen LogP contribution is -2.30. The molecule has 24 heavy (non-hydrogen) atoms. The Morgan fingerprint density at radius 2 is 2.17 bits per heavy atom. The number of carbonyl (C=O) groups is 2. The summed E-state index contributed by atoms with van der Waals surface area (Å²) in [5.74, 6) is -0.279. The van der Waals surface area contributed by atoms with Gasteiger partial charge in [-0.25, -0.2) is 4.79 Å². The molecule has 1 aliphatic heterocycles. The molecular formula is C16H17ClN2O4S. The van der Waals surface area contributed by atoms with Crippen LogP contribution in [0.2, 0.25) is 5.02 Å². The Balaban J connectivity index is 2.10. The molecule has 0 aliphatic carbocycles. The highest BCUT2D eigenvalue weighted by Gasteiger charge is 2.28. The standard InChI is InChI=1S/C16H17ClN2O4S/c1-3-19-15(21)12(18-16(19)24)8-10-5-6-13(11(17)7-10)23-9-14(20)22-4-2/h5-8H,3-4,9H2,1-2H3,(H,18,24)/b12-8-. The molecule has 0 atom stereocenters. The van der Waals surface area contributed by atoms with Gasteiger partial charge in [-0.15, -0.1) is 0 Å². The van der Waals surface area contributed by atoms with Gasteiger partial charge in [0.25, 0.3) is 5.91 Å². The Bertz CT molecular complexity index is 705. The van der Waals surface area contributed by atoms with Crippen LogP contribution in [-0.2, 0) is 14.3 Å². The van der Waals surface area contributed by atoms with Crippen molar-refractivity contribution in [3.05, 3.63) is 34.5 Å². The van der Waals surface area contributed by atoms with E-state index in [1.54, 1.807) is 31.2 Å². The van der Waals surface area contributed by atoms with Crippen LogP contribution < -0.4 is 10.1 Å². The maximum absolute atomic E-state index is 12.1.